The topological polar surface area (TPSA) is 55.6 Å². The number of nitrogens with zero attached hydrogens (tertiary/aromatic N) is 4. The Morgan fingerprint density at radius 1 is 1.35 bits per heavy atom. The lowest BCUT2D eigenvalue weighted by molar-refractivity contribution is 0.615. The first kappa shape index (κ1) is 12.2. The van der Waals surface area contributed by atoms with E-state index in [-0.39, 0.29) is 0 Å². The molecule has 0 aliphatic carbocycles. The molecule has 0 unspecified atom stereocenters. The van der Waals surface area contributed by atoms with E-state index in [0.717, 1.165) is 31.9 Å². The van der Waals surface area contributed by atoms with E-state index < -0.39 is 0 Å². The summed E-state index contributed by atoms with van der Waals surface area (Å²) < 4.78 is 2.04. The van der Waals surface area contributed by atoms with Gasteiger partial charge in [0, 0.05) is 24.2 Å². The van der Waals surface area contributed by atoms with E-state index in [1.807, 2.05) is 10.8 Å². The molecule has 0 saturated heterocycles. The third-order valence-corrected chi connectivity index (χ3v) is 3.66. The van der Waals surface area contributed by atoms with Crippen molar-refractivity contribution in [1.29, 1.82) is 0 Å². The summed E-state index contributed by atoms with van der Waals surface area (Å²) >= 11 is 1.76. The summed E-state index contributed by atoms with van der Waals surface area (Å²) in [4.78, 5) is 5.60. The molecule has 0 saturated carbocycles. The Balaban J connectivity index is 1.83. The maximum atomic E-state index is 4.33. The van der Waals surface area contributed by atoms with Crippen molar-refractivity contribution in [2.24, 2.45) is 0 Å². The third-order valence-electron chi connectivity index (χ3n) is 2.52. The average molecular weight is 251 g/mol. The van der Waals surface area contributed by atoms with Crippen molar-refractivity contribution in [2.75, 3.05) is 0 Å². The summed E-state index contributed by atoms with van der Waals surface area (Å²) in [6.07, 6.45) is 4.72. The fourth-order valence-electron chi connectivity index (χ4n) is 1.57. The molecule has 0 aliphatic heterocycles. The molecule has 17 heavy (non-hydrogen) atoms. The van der Waals surface area contributed by atoms with Gasteiger partial charge in [-0.2, -0.15) is 0 Å². The van der Waals surface area contributed by atoms with Gasteiger partial charge < -0.3 is 9.88 Å². The van der Waals surface area contributed by atoms with Crippen LogP contribution in [0.5, 0.6) is 0 Å². The molecule has 2 rings (SSSR count). The second-order valence-corrected chi connectivity index (χ2v) is 4.91. The van der Waals surface area contributed by atoms with Gasteiger partial charge in [0.05, 0.1) is 11.6 Å². The van der Waals surface area contributed by atoms with Gasteiger partial charge in [-0.3, -0.25) is 0 Å². The van der Waals surface area contributed by atoms with E-state index in [9.17, 15) is 0 Å². The summed E-state index contributed by atoms with van der Waals surface area (Å²) in [5.41, 5.74) is 0. The van der Waals surface area contributed by atoms with Crippen molar-refractivity contribution >= 4 is 11.3 Å². The van der Waals surface area contributed by atoms with Crippen LogP contribution in [0.4, 0.5) is 0 Å². The van der Waals surface area contributed by atoms with Crippen molar-refractivity contribution in [1.82, 2.24) is 25.1 Å². The summed E-state index contributed by atoms with van der Waals surface area (Å²) in [5.74, 6) is 0.979. The predicted molar refractivity (Wildman–Crippen MR) is 67.7 cm³/mol. The van der Waals surface area contributed by atoms with Crippen LogP contribution >= 0.6 is 11.3 Å². The van der Waals surface area contributed by atoms with Crippen LogP contribution in [0.3, 0.4) is 0 Å². The summed E-state index contributed by atoms with van der Waals surface area (Å²) in [7, 11) is 0. The molecule has 2 aromatic heterocycles. The van der Waals surface area contributed by atoms with Gasteiger partial charge in [-0.15, -0.1) is 21.5 Å². The number of aryl methyl sites for hydroxylation is 2. The molecule has 0 aliphatic rings. The van der Waals surface area contributed by atoms with Crippen LogP contribution in [-0.4, -0.2) is 19.7 Å². The Morgan fingerprint density at radius 2 is 2.24 bits per heavy atom. The van der Waals surface area contributed by atoms with Gasteiger partial charge in [0.15, 0.2) is 0 Å². The molecule has 0 bridgehead atoms. The lowest BCUT2D eigenvalue weighted by Gasteiger charge is -2.03. The number of thiazole rings is 1. The molecule has 2 aromatic rings. The van der Waals surface area contributed by atoms with Crippen molar-refractivity contribution in [3.63, 3.8) is 0 Å². The molecule has 5 nitrogen and oxygen atoms in total. The Morgan fingerprint density at radius 3 is 2.94 bits per heavy atom. The molecule has 0 amide bonds. The molecule has 2 heterocycles. The van der Waals surface area contributed by atoms with Gasteiger partial charge in [0.25, 0.3) is 0 Å². The quantitative estimate of drug-likeness (QED) is 0.847. The van der Waals surface area contributed by atoms with Crippen LogP contribution in [-0.2, 0) is 26.1 Å². The van der Waals surface area contributed by atoms with E-state index in [4.69, 9.17) is 0 Å². The first-order valence-corrected chi connectivity index (χ1v) is 6.66. The Hall–Kier alpha value is -1.27. The van der Waals surface area contributed by atoms with E-state index in [1.54, 1.807) is 17.7 Å². The largest absolute Gasteiger partial charge is 0.317 e. The van der Waals surface area contributed by atoms with Gasteiger partial charge in [0.2, 0.25) is 0 Å². The second kappa shape index (κ2) is 5.88. The molecule has 1 N–H and O–H groups in total. The molecular formula is C11H17N5S. The Labute approximate surface area is 105 Å². The van der Waals surface area contributed by atoms with Gasteiger partial charge in [-0.05, 0) is 13.3 Å². The van der Waals surface area contributed by atoms with Gasteiger partial charge in [0.1, 0.15) is 12.2 Å². The van der Waals surface area contributed by atoms with Crippen LogP contribution in [0.2, 0.25) is 0 Å². The van der Waals surface area contributed by atoms with Crippen molar-refractivity contribution in [3.8, 4) is 0 Å². The van der Waals surface area contributed by atoms with E-state index >= 15 is 0 Å². The number of nitrogens with one attached hydrogen (secondary N) is 1. The summed E-state index contributed by atoms with van der Waals surface area (Å²) in [6, 6.07) is 0. The van der Waals surface area contributed by atoms with Gasteiger partial charge in [-0.25, -0.2) is 4.98 Å². The van der Waals surface area contributed by atoms with E-state index in [2.05, 4.69) is 34.3 Å². The molecule has 0 aromatic carbocycles. The zero-order valence-corrected chi connectivity index (χ0v) is 11.0. The minimum atomic E-state index is 0.743. The SMILES string of the molecule is CCc1ncc(CNCc2nncn2CC)s1. The minimum absolute atomic E-state index is 0.743. The third kappa shape index (κ3) is 3.10. The highest BCUT2D eigenvalue weighted by molar-refractivity contribution is 7.11. The lowest BCUT2D eigenvalue weighted by Crippen LogP contribution is -2.15. The first-order chi connectivity index (χ1) is 8.33. The summed E-state index contributed by atoms with van der Waals surface area (Å²) in [5, 5.41) is 12.5. The number of hydrogen-bond donors (Lipinski definition) is 1. The molecule has 0 spiro atoms. The fraction of sp³-hybridized carbons (Fsp3) is 0.545. The smallest absolute Gasteiger partial charge is 0.146 e. The van der Waals surface area contributed by atoms with Crippen LogP contribution < -0.4 is 5.32 Å². The molecular weight excluding hydrogens is 234 g/mol. The molecule has 0 fully saturated rings. The lowest BCUT2D eigenvalue weighted by atomic mass is 10.5. The Bertz CT molecular complexity index is 462. The molecule has 0 radical (unpaired) electrons. The van der Waals surface area contributed by atoms with Gasteiger partial charge in [-0.1, -0.05) is 6.92 Å². The minimum Gasteiger partial charge on any atom is -0.317 e. The van der Waals surface area contributed by atoms with Crippen LogP contribution in [0, 0.1) is 0 Å². The highest BCUT2D eigenvalue weighted by Gasteiger charge is 2.03. The van der Waals surface area contributed by atoms with Crippen molar-refractivity contribution in [2.45, 2.75) is 39.9 Å². The zero-order chi connectivity index (χ0) is 12.1. The van der Waals surface area contributed by atoms with Gasteiger partial charge >= 0.3 is 0 Å². The average Bonchev–Trinajstić information content (AvgIpc) is 2.97. The highest BCUT2D eigenvalue weighted by Crippen LogP contribution is 2.12. The number of rotatable bonds is 6. The van der Waals surface area contributed by atoms with E-state index in [1.165, 1.54) is 9.88 Å². The zero-order valence-electron chi connectivity index (χ0n) is 10.2. The van der Waals surface area contributed by atoms with Crippen LogP contribution in [0.1, 0.15) is 29.6 Å². The van der Waals surface area contributed by atoms with Crippen LogP contribution in [0.25, 0.3) is 0 Å². The van der Waals surface area contributed by atoms with Crippen molar-refractivity contribution in [3.05, 3.63) is 28.2 Å². The Kier molecular flexibility index (Phi) is 4.22. The maximum Gasteiger partial charge on any atom is 0.146 e. The second-order valence-electron chi connectivity index (χ2n) is 3.71. The molecule has 6 heteroatoms. The fourth-order valence-corrected chi connectivity index (χ4v) is 2.40. The summed E-state index contributed by atoms with van der Waals surface area (Å²) in [6.45, 7) is 6.70. The highest BCUT2D eigenvalue weighted by atomic mass is 32.1. The molecule has 0 atom stereocenters. The predicted octanol–water partition coefficient (Wildman–Crippen LogP) is 1.61. The monoisotopic (exact) mass is 251 g/mol. The first-order valence-electron chi connectivity index (χ1n) is 5.84. The van der Waals surface area contributed by atoms with Crippen molar-refractivity contribution < 1.29 is 0 Å². The number of hydrogen-bond acceptors (Lipinski definition) is 5. The maximum absolute atomic E-state index is 4.33. The number of aromatic nitrogens is 4. The molecule has 92 valence electrons. The van der Waals surface area contributed by atoms with Crippen LogP contribution in [0.15, 0.2) is 12.5 Å². The standard InChI is InChI=1S/C11H17N5S/c1-3-11-13-6-9(17-11)5-12-7-10-15-14-8-16(10)4-2/h6,8,12H,3-5,7H2,1-2H3. The normalized spacial score (nSPS) is 10.9. The van der Waals surface area contributed by atoms with E-state index in [0.29, 0.717) is 0 Å².